The zero-order valence-electron chi connectivity index (χ0n) is 9.40. The molecule has 0 radical (unpaired) electrons. The van der Waals surface area contributed by atoms with E-state index in [2.05, 4.69) is 21.2 Å². The SMILES string of the molecule is O=C(NCCO)OCC(O)c1ccc(Br)c(Cl)c1. The average molecular weight is 339 g/mol. The number of rotatable bonds is 5. The number of hydrogen-bond donors (Lipinski definition) is 3. The lowest BCUT2D eigenvalue weighted by molar-refractivity contribution is 0.0675. The maximum Gasteiger partial charge on any atom is 0.407 e. The largest absolute Gasteiger partial charge is 0.446 e. The first kappa shape index (κ1) is 15.2. The number of benzene rings is 1. The van der Waals surface area contributed by atoms with Gasteiger partial charge in [-0.2, -0.15) is 0 Å². The molecule has 0 fully saturated rings. The van der Waals surface area contributed by atoms with Gasteiger partial charge in [0.2, 0.25) is 0 Å². The average Bonchev–Trinajstić information content (AvgIpc) is 2.36. The van der Waals surface area contributed by atoms with Gasteiger partial charge in [-0.3, -0.25) is 0 Å². The number of hydrogen-bond acceptors (Lipinski definition) is 4. The van der Waals surface area contributed by atoms with E-state index in [-0.39, 0.29) is 19.8 Å². The summed E-state index contributed by atoms with van der Waals surface area (Å²) in [6.07, 6.45) is -1.64. The van der Waals surface area contributed by atoms with Crippen LogP contribution < -0.4 is 5.32 Å². The summed E-state index contributed by atoms with van der Waals surface area (Å²) in [5.41, 5.74) is 0.554. The second-order valence-corrected chi connectivity index (χ2v) is 4.70. The van der Waals surface area contributed by atoms with Crippen molar-refractivity contribution in [3.05, 3.63) is 33.3 Å². The van der Waals surface area contributed by atoms with Gasteiger partial charge >= 0.3 is 6.09 Å². The highest BCUT2D eigenvalue weighted by Crippen LogP contribution is 2.26. The molecule has 0 aliphatic carbocycles. The molecule has 0 aliphatic rings. The molecule has 5 nitrogen and oxygen atoms in total. The van der Waals surface area contributed by atoms with Crippen LogP contribution in [0.4, 0.5) is 4.79 Å². The molecule has 0 heterocycles. The Kier molecular flexibility index (Phi) is 6.42. The normalized spacial score (nSPS) is 12.0. The topological polar surface area (TPSA) is 78.8 Å². The molecular formula is C11H13BrClNO4. The molecule has 0 saturated heterocycles. The van der Waals surface area contributed by atoms with E-state index >= 15 is 0 Å². The first-order chi connectivity index (χ1) is 8.54. The molecule has 1 atom stereocenters. The Morgan fingerprint density at radius 2 is 2.28 bits per heavy atom. The maximum atomic E-state index is 11.1. The number of ether oxygens (including phenoxy) is 1. The van der Waals surface area contributed by atoms with Crippen LogP contribution in [0.1, 0.15) is 11.7 Å². The standard InChI is InChI=1S/C11H13BrClNO4/c12-8-2-1-7(5-9(8)13)10(16)6-18-11(17)14-3-4-15/h1-2,5,10,15-16H,3-4,6H2,(H,14,17). The summed E-state index contributed by atoms with van der Waals surface area (Å²) in [5.74, 6) is 0. The van der Waals surface area contributed by atoms with Crippen molar-refractivity contribution < 1.29 is 19.7 Å². The van der Waals surface area contributed by atoms with E-state index in [1.807, 2.05) is 0 Å². The van der Waals surface area contributed by atoms with E-state index in [4.69, 9.17) is 21.4 Å². The monoisotopic (exact) mass is 337 g/mol. The number of carbonyl (C=O) groups excluding carboxylic acids is 1. The van der Waals surface area contributed by atoms with Crippen LogP contribution in [0.2, 0.25) is 5.02 Å². The molecule has 1 amide bonds. The fourth-order valence-corrected chi connectivity index (χ4v) is 1.62. The molecule has 3 N–H and O–H groups in total. The van der Waals surface area contributed by atoms with Crippen LogP contribution in [0.3, 0.4) is 0 Å². The second kappa shape index (κ2) is 7.58. The summed E-state index contributed by atoms with van der Waals surface area (Å²) in [7, 11) is 0. The van der Waals surface area contributed by atoms with Crippen LogP contribution >= 0.6 is 27.5 Å². The Bertz CT molecular complexity index is 416. The van der Waals surface area contributed by atoms with Crippen LogP contribution in [-0.2, 0) is 4.74 Å². The highest BCUT2D eigenvalue weighted by molar-refractivity contribution is 9.10. The van der Waals surface area contributed by atoms with Crippen molar-refractivity contribution in [2.45, 2.75) is 6.10 Å². The highest BCUT2D eigenvalue weighted by Gasteiger charge is 2.12. The number of nitrogens with one attached hydrogen (secondary N) is 1. The van der Waals surface area contributed by atoms with Crippen LogP contribution in [-0.4, -0.2) is 36.1 Å². The molecule has 100 valence electrons. The summed E-state index contributed by atoms with van der Waals surface area (Å²) in [6.45, 7) is -0.242. The summed E-state index contributed by atoms with van der Waals surface area (Å²) >= 11 is 9.12. The molecule has 1 rings (SSSR count). The Labute approximate surface area is 118 Å². The zero-order chi connectivity index (χ0) is 13.5. The third-order valence-electron chi connectivity index (χ3n) is 2.08. The number of carbonyl (C=O) groups is 1. The number of amides is 1. The quantitative estimate of drug-likeness (QED) is 0.765. The van der Waals surface area contributed by atoms with Crippen molar-refractivity contribution in [3.63, 3.8) is 0 Å². The van der Waals surface area contributed by atoms with Gasteiger partial charge < -0.3 is 20.3 Å². The van der Waals surface area contributed by atoms with E-state index in [1.165, 1.54) is 0 Å². The summed E-state index contributed by atoms with van der Waals surface area (Å²) in [5, 5.41) is 21.0. The molecule has 7 heteroatoms. The van der Waals surface area contributed by atoms with Crippen molar-refractivity contribution in [1.82, 2.24) is 5.32 Å². The minimum atomic E-state index is -0.949. The molecule has 1 aromatic rings. The van der Waals surface area contributed by atoms with Crippen LogP contribution in [0, 0.1) is 0 Å². The number of aliphatic hydroxyl groups is 2. The van der Waals surface area contributed by atoms with Crippen molar-refractivity contribution in [1.29, 1.82) is 0 Å². The van der Waals surface area contributed by atoms with E-state index in [1.54, 1.807) is 18.2 Å². The van der Waals surface area contributed by atoms with E-state index < -0.39 is 12.2 Å². The molecule has 1 unspecified atom stereocenters. The summed E-state index contributed by atoms with van der Waals surface area (Å²) in [4.78, 5) is 11.1. The second-order valence-electron chi connectivity index (χ2n) is 3.44. The zero-order valence-corrected chi connectivity index (χ0v) is 11.7. The predicted molar refractivity (Wildman–Crippen MR) is 70.5 cm³/mol. The lowest BCUT2D eigenvalue weighted by atomic mass is 10.1. The molecular weight excluding hydrogens is 325 g/mol. The predicted octanol–water partition coefficient (Wildman–Crippen LogP) is 1.85. The smallest absolute Gasteiger partial charge is 0.407 e. The first-order valence-corrected chi connectivity index (χ1v) is 6.36. The Balaban J connectivity index is 2.47. The van der Waals surface area contributed by atoms with Crippen molar-refractivity contribution in [2.75, 3.05) is 19.8 Å². The van der Waals surface area contributed by atoms with Gasteiger partial charge in [-0.25, -0.2) is 4.79 Å². The summed E-state index contributed by atoms with van der Waals surface area (Å²) in [6, 6.07) is 4.97. The Morgan fingerprint density at radius 3 is 2.89 bits per heavy atom. The van der Waals surface area contributed by atoms with E-state index in [0.29, 0.717) is 10.6 Å². The van der Waals surface area contributed by atoms with Gasteiger partial charge in [-0.15, -0.1) is 0 Å². The fraction of sp³-hybridized carbons (Fsp3) is 0.364. The third kappa shape index (κ3) is 4.81. The lowest BCUT2D eigenvalue weighted by Gasteiger charge is -2.12. The van der Waals surface area contributed by atoms with Crippen molar-refractivity contribution >= 4 is 33.6 Å². The first-order valence-electron chi connectivity index (χ1n) is 5.19. The van der Waals surface area contributed by atoms with Gasteiger partial charge in [0.15, 0.2) is 0 Å². The van der Waals surface area contributed by atoms with E-state index in [9.17, 15) is 9.90 Å². The minimum Gasteiger partial charge on any atom is -0.446 e. The van der Waals surface area contributed by atoms with Gasteiger partial charge in [-0.1, -0.05) is 17.7 Å². The van der Waals surface area contributed by atoms with Gasteiger partial charge in [0.05, 0.1) is 11.6 Å². The van der Waals surface area contributed by atoms with Crippen molar-refractivity contribution in [3.8, 4) is 0 Å². The van der Waals surface area contributed by atoms with Crippen molar-refractivity contribution in [2.24, 2.45) is 0 Å². The Morgan fingerprint density at radius 1 is 1.56 bits per heavy atom. The Hall–Kier alpha value is -0.820. The molecule has 0 bridgehead atoms. The van der Waals surface area contributed by atoms with Gasteiger partial charge in [0, 0.05) is 11.0 Å². The lowest BCUT2D eigenvalue weighted by Crippen LogP contribution is -2.28. The number of halogens is 2. The van der Waals surface area contributed by atoms with Crippen LogP contribution in [0.15, 0.2) is 22.7 Å². The molecule has 0 spiro atoms. The highest BCUT2D eigenvalue weighted by atomic mass is 79.9. The number of aliphatic hydroxyl groups excluding tert-OH is 2. The molecule has 0 aliphatic heterocycles. The summed E-state index contributed by atoms with van der Waals surface area (Å²) < 4.78 is 5.49. The molecule has 1 aromatic carbocycles. The van der Waals surface area contributed by atoms with Crippen LogP contribution in [0.5, 0.6) is 0 Å². The van der Waals surface area contributed by atoms with Gasteiger partial charge in [0.1, 0.15) is 12.7 Å². The van der Waals surface area contributed by atoms with Crippen LogP contribution in [0.25, 0.3) is 0 Å². The maximum absolute atomic E-state index is 11.1. The fourth-order valence-electron chi connectivity index (χ4n) is 1.18. The molecule has 0 saturated carbocycles. The third-order valence-corrected chi connectivity index (χ3v) is 3.31. The molecule has 18 heavy (non-hydrogen) atoms. The minimum absolute atomic E-state index is 0.110. The molecule has 0 aromatic heterocycles. The van der Waals surface area contributed by atoms with Gasteiger partial charge in [-0.05, 0) is 33.6 Å². The number of alkyl carbamates (subject to hydrolysis) is 1. The van der Waals surface area contributed by atoms with Gasteiger partial charge in [0.25, 0.3) is 0 Å². The van der Waals surface area contributed by atoms with E-state index in [0.717, 1.165) is 4.47 Å².